The summed E-state index contributed by atoms with van der Waals surface area (Å²) in [5.74, 6) is -0.137. The van der Waals surface area contributed by atoms with E-state index in [4.69, 9.17) is 0 Å². The number of hydrogen-bond acceptors (Lipinski definition) is 3. The maximum absolute atomic E-state index is 13.5. The molecular formula is C36H38N2O3. The van der Waals surface area contributed by atoms with Gasteiger partial charge in [-0.05, 0) is 89.2 Å². The molecule has 2 aliphatic heterocycles. The lowest BCUT2D eigenvalue weighted by Gasteiger charge is -2.31. The minimum absolute atomic E-state index is 0.0104. The summed E-state index contributed by atoms with van der Waals surface area (Å²) in [6, 6.07) is 20.0. The number of allylic oxidation sites excluding steroid dienone is 2. The van der Waals surface area contributed by atoms with Crippen molar-refractivity contribution in [3.8, 4) is 0 Å². The molecule has 7 rings (SSSR count). The fourth-order valence-electron chi connectivity index (χ4n) is 8.01. The van der Waals surface area contributed by atoms with E-state index in [0.717, 1.165) is 45.1 Å². The van der Waals surface area contributed by atoms with Crippen molar-refractivity contribution >= 4 is 50.0 Å². The molecule has 41 heavy (non-hydrogen) atoms. The molecule has 5 nitrogen and oxygen atoms in total. The second kappa shape index (κ2) is 10.3. The third-order valence-corrected chi connectivity index (χ3v) is 10.5. The number of rotatable bonds is 8. The van der Waals surface area contributed by atoms with Gasteiger partial charge in [0, 0.05) is 19.0 Å². The maximum Gasteiger partial charge on any atom is 0.233 e. The average molecular weight is 547 g/mol. The van der Waals surface area contributed by atoms with Crippen LogP contribution in [0.5, 0.6) is 0 Å². The standard InChI is InChI=1S/C36H38N2O3/c1-21-22(2)31-30(35(40)38(36(31)41)19-4-3-6-27-17-18-37-34(27)39)20-28(21)14-10-23-9-11-26-13-12-24-7-5-8-25-15-16-29(23)33(26)32(24)25/h5,7-9,11-13,15-16,22,27,30-31H,3-4,6,10,14,17-20H2,1-2H3,(H,37,39)/t22-,27?,30-,31+/m1/s1. The molecule has 1 aliphatic carbocycles. The molecule has 0 aromatic heterocycles. The fraction of sp³-hybridized carbons (Fsp3) is 0.417. The zero-order valence-corrected chi connectivity index (χ0v) is 24.0. The Morgan fingerprint density at radius 2 is 1.59 bits per heavy atom. The average Bonchev–Trinajstić information content (AvgIpc) is 3.50. The molecule has 4 aromatic carbocycles. The van der Waals surface area contributed by atoms with E-state index < -0.39 is 0 Å². The SMILES string of the molecule is CC1=C(CCc2ccc3ccc4cccc5ccc2c3c45)C[C@H]2C(=O)N(CCCCC3CCNC3=O)C(=O)[C@H]2[C@@H]1C. The molecule has 4 aromatic rings. The summed E-state index contributed by atoms with van der Waals surface area (Å²) in [5.41, 5.74) is 3.98. The van der Waals surface area contributed by atoms with E-state index in [0.29, 0.717) is 13.0 Å². The fourth-order valence-corrected chi connectivity index (χ4v) is 8.01. The van der Waals surface area contributed by atoms with Gasteiger partial charge in [-0.25, -0.2) is 0 Å². The van der Waals surface area contributed by atoms with Gasteiger partial charge in [0.05, 0.1) is 11.8 Å². The van der Waals surface area contributed by atoms with Crippen LogP contribution >= 0.6 is 0 Å². The number of nitrogens with one attached hydrogen (secondary N) is 1. The number of carbonyl (C=O) groups is 3. The molecule has 0 spiro atoms. The van der Waals surface area contributed by atoms with Crippen LogP contribution in [0, 0.1) is 23.7 Å². The molecule has 2 heterocycles. The summed E-state index contributed by atoms with van der Waals surface area (Å²) in [5, 5.41) is 10.7. The van der Waals surface area contributed by atoms with Crippen molar-refractivity contribution in [2.24, 2.45) is 23.7 Å². The van der Waals surface area contributed by atoms with E-state index in [1.165, 1.54) is 53.9 Å². The van der Waals surface area contributed by atoms with Crippen LogP contribution in [0.4, 0.5) is 0 Å². The largest absolute Gasteiger partial charge is 0.356 e. The molecule has 4 atom stereocenters. The zero-order chi connectivity index (χ0) is 28.2. The lowest BCUT2D eigenvalue weighted by atomic mass is 9.70. The highest BCUT2D eigenvalue weighted by molar-refractivity contribution is 6.23. The first kappa shape index (κ1) is 26.2. The van der Waals surface area contributed by atoms with Crippen molar-refractivity contribution in [3.63, 3.8) is 0 Å². The third-order valence-electron chi connectivity index (χ3n) is 10.5. The van der Waals surface area contributed by atoms with Crippen molar-refractivity contribution in [1.82, 2.24) is 10.2 Å². The lowest BCUT2D eigenvalue weighted by molar-refractivity contribution is -0.140. The molecule has 3 aliphatic rings. The molecule has 0 bridgehead atoms. The molecular weight excluding hydrogens is 508 g/mol. The molecule has 2 saturated heterocycles. The minimum atomic E-state index is -0.238. The van der Waals surface area contributed by atoms with E-state index in [2.05, 4.69) is 73.8 Å². The predicted octanol–water partition coefficient (Wildman–Crippen LogP) is 6.78. The Hall–Kier alpha value is -3.73. The van der Waals surface area contributed by atoms with Crippen LogP contribution in [-0.2, 0) is 20.8 Å². The summed E-state index contributed by atoms with van der Waals surface area (Å²) < 4.78 is 0. The predicted molar refractivity (Wildman–Crippen MR) is 164 cm³/mol. The Kier molecular flexibility index (Phi) is 6.56. The number of likely N-dealkylation sites (tertiary alicyclic amines) is 1. The van der Waals surface area contributed by atoms with Crippen LogP contribution in [0.1, 0.15) is 57.9 Å². The Morgan fingerprint density at radius 3 is 2.34 bits per heavy atom. The first-order valence-corrected chi connectivity index (χ1v) is 15.4. The quantitative estimate of drug-likeness (QED) is 0.115. The van der Waals surface area contributed by atoms with Gasteiger partial charge in [-0.3, -0.25) is 19.3 Å². The lowest BCUT2D eigenvalue weighted by Crippen LogP contribution is -2.33. The molecule has 1 N–H and O–H groups in total. The van der Waals surface area contributed by atoms with Gasteiger partial charge in [0.1, 0.15) is 0 Å². The van der Waals surface area contributed by atoms with E-state index in [1.54, 1.807) is 0 Å². The number of benzene rings is 4. The Bertz CT molecular complexity index is 1700. The summed E-state index contributed by atoms with van der Waals surface area (Å²) in [4.78, 5) is 40.3. The molecule has 0 saturated carbocycles. The summed E-state index contributed by atoms with van der Waals surface area (Å²) in [7, 11) is 0. The first-order valence-electron chi connectivity index (χ1n) is 15.4. The molecule has 1 unspecified atom stereocenters. The Balaban J connectivity index is 1.06. The number of imide groups is 1. The monoisotopic (exact) mass is 546 g/mol. The van der Waals surface area contributed by atoms with Gasteiger partial charge in [0.25, 0.3) is 0 Å². The molecule has 210 valence electrons. The summed E-state index contributed by atoms with van der Waals surface area (Å²) in [6.07, 6.45) is 5.88. The Morgan fingerprint density at radius 1 is 0.854 bits per heavy atom. The molecule has 2 fully saturated rings. The van der Waals surface area contributed by atoms with Crippen LogP contribution in [0.2, 0.25) is 0 Å². The smallest absolute Gasteiger partial charge is 0.233 e. The molecule has 0 radical (unpaired) electrons. The normalized spacial score (nSPS) is 24.8. The van der Waals surface area contributed by atoms with Crippen LogP contribution < -0.4 is 5.32 Å². The van der Waals surface area contributed by atoms with E-state index in [-0.39, 0.29) is 41.4 Å². The minimum Gasteiger partial charge on any atom is -0.356 e. The second-order valence-electron chi connectivity index (χ2n) is 12.6. The number of nitrogens with zero attached hydrogens (tertiary/aromatic N) is 1. The van der Waals surface area contributed by atoms with Crippen molar-refractivity contribution in [2.75, 3.05) is 13.1 Å². The van der Waals surface area contributed by atoms with Crippen LogP contribution in [0.25, 0.3) is 32.3 Å². The maximum atomic E-state index is 13.5. The highest BCUT2D eigenvalue weighted by atomic mass is 16.2. The van der Waals surface area contributed by atoms with Gasteiger partial charge in [-0.2, -0.15) is 0 Å². The van der Waals surface area contributed by atoms with Gasteiger partial charge >= 0.3 is 0 Å². The van der Waals surface area contributed by atoms with Crippen LogP contribution in [0.15, 0.2) is 65.7 Å². The van der Waals surface area contributed by atoms with E-state index in [1.807, 2.05) is 0 Å². The van der Waals surface area contributed by atoms with E-state index >= 15 is 0 Å². The van der Waals surface area contributed by atoms with E-state index in [9.17, 15) is 14.4 Å². The van der Waals surface area contributed by atoms with Crippen LogP contribution in [0.3, 0.4) is 0 Å². The number of amides is 3. The first-order chi connectivity index (χ1) is 19.9. The second-order valence-corrected chi connectivity index (χ2v) is 12.6. The summed E-state index contributed by atoms with van der Waals surface area (Å²) in [6.45, 7) is 5.55. The third kappa shape index (κ3) is 4.32. The highest BCUT2D eigenvalue weighted by Crippen LogP contribution is 2.46. The van der Waals surface area contributed by atoms with Gasteiger partial charge in [-0.1, -0.05) is 79.1 Å². The van der Waals surface area contributed by atoms with Crippen LogP contribution in [-0.4, -0.2) is 35.7 Å². The number of unbranched alkanes of at least 4 members (excludes halogenated alkanes) is 1. The van der Waals surface area contributed by atoms with Gasteiger partial charge < -0.3 is 5.32 Å². The number of hydrogen-bond donors (Lipinski definition) is 1. The van der Waals surface area contributed by atoms with Crippen molar-refractivity contribution in [3.05, 3.63) is 71.3 Å². The van der Waals surface area contributed by atoms with Crippen molar-refractivity contribution in [2.45, 2.75) is 58.8 Å². The number of fused-ring (bicyclic) bond motifs is 1. The zero-order valence-electron chi connectivity index (χ0n) is 24.0. The molecule has 5 heteroatoms. The van der Waals surface area contributed by atoms with Crippen molar-refractivity contribution in [1.29, 1.82) is 0 Å². The van der Waals surface area contributed by atoms with Gasteiger partial charge in [0.2, 0.25) is 17.7 Å². The summed E-state index contributed by atoms with van der Waals surface area (Å²) >= 11 is 0. The number of aryl methyl sites for hydroxylation is 1. The highest BCUT2D eigenvalue weighted by Gasteiger charge is 2.51. The molecule has 3 amide bonds. The van der Waals surface area contributed by atoms with Gasteiger partial charge in [-0.15, -0.1) is 0 Å². The number of carbonyl (C=O) groups excluding carboxylic acids is 3. The van der Waals surface area contributed by atoms with Crippen molar-refractivity contribution < 1.29 is 14.4 Å². The topological polar surface area (TPSA) is 66.5 Å². The van der Waals surface area contributed by atoms with Gasteiger partial charge in [0.15, 0.2) is 0 Å². The Labute approximate surface area is 241 Å².